The number of amides is 3. The molecule has 1 unspecified atom stereocenters. The Morgan fingerprint density at radius 3 is 2.85 bits per heavy atom. The molecule has 2 N–H and O–H groups in total. The van der Waals surface area contributed by atoms with Crippen molar-refractivity contribution in [2.24, 2.45) is 5.92 Å². The maximum atomic E-state index is 12.9. The molecule has 33 heavy (non-hydrogen) atoms. The lowest BCUT2D eigenvalue weighted by atomic mass is 10.1. The van der Waals surface area contributed by atoms with Crippen LogP contribution < -0.4 is 20.3 Å². The Hall–Kier alpha value is -3.24. The molecule has 0 radical (unpaired) electrons. The third-order valence-corrected chi connectivity index (χ3v) is 7.15. The van der Waals surface area contributed by atoms with Crippen LogP contribution in [0, 0.1) is 12.8 Å². The molecule has 1 aliphatic heterocycles. The Kier molecular flexibility index (Phi) is 6.75. The van der Waals surface area contributed by atoms with Gasteiger partial charge in [-0.05, 0) is 36.8 Å². The lowest BCUT2D eigenvalue weighted by molar-refractivity contribution is -0.122. The molecule has 4 rings (SSSR count). The number of aryl methyl sites for hydroxylation is 1. The van der Waals surface area contributed by atoms with E-state index in [1.165, 1.54) is 18.3 Å². The fraction of sp³-hybridized carbons (Fsp3) is 0.304. The highest BCUT2D eigenvalue weighted by atomic mass is 32.1. The van der Waals surface area contributed by atoms with Crippen molar-refractivity contribution in [1.82, 2.24) is 10.3 Å². The van der Waals surface area contributed by atoms with Crippen LogP contribution in [-0.4, -0.2) is 36.4 Å². The normalized spacial score (nSPS) is 15.5. The van der Waals surface area contributed by atoms with Gasteiger partial charge in [0, 0.05) is 30.1 Å². The standard InChI is InChI=1S/C23H24N4O4S2/c1-13-4-6-19(31-3)18(8-13)27-11-15(9-21(27)29)22(30)26-23-25-17(12-32-23)20-7-5-16(33-20)10-24-14(2)28/h4-8,12,15H,9-11H2,1-3H3,(H,24,28)(H,25,26,30). The van der Waals surface area contributed by atoms with Crippen LogP contribution in [0.15, 0.2) is 35.7 Å². The number of hydrogen-bond donors (Lipinski definition) is 2. The number of methoxy groups -OCH3 is 1. The highest BCUT2D eigenvalue weighted by molar-refractivity contribution is 7.17. The average molecular weight is 485 g/mol. The minimum Gasteiger partial charge on any atom is -0.495 e. The molecule has 1 atom stereocenters. The Morgan fingerprint density at radius 2 is 2.09 bits per heavy atom. The molecular weight excluding hydrogens is 460 g/mol. The van der Waals surface area contributed by atoms with Crippen LogP contribution in [0.25, 0.3) is 10.6 Å². The lowest BCUT2D eigenvalue weighted by Gasteiger charge is -2.20. The second-order valence-corrected chi connectivity index (χ2v) is 9.81. The highest BCUT2D eigenvalue weighted by Crippen LogP contribution is 2.35. The zero-order valence-corrected chi connectivity index (χ0v) is 20.1. The molecule has 0 bridgehead atoms. The summed E-state index contributed by atoms with van der Waals surface area (Å²) in [5, 5.41) is 8.01. The fourth-order valence-corrected chi connectivity index (χ4v) is 5.30. The van der Waals surface area contributed by atoms with Gasteiger partial charge < -0.3 is 20.3 Å². The summed E-state index contributed by atoms with van der Waals surface area (Å²) in [5.41, 5.74) is 2.46. The van der Waals surface area contributed by atoms with Gasteiger partial charge in [-0.3, -0.25) is 14.4 Å². The summed E-state index contributed by atoms with van der Waals surface area (Å²) >= 11 is 2.88. The molecule has 0 saturated carbocycles. The van der Waals surface area contributed by atoms with Gasteiger partial charge in [0.05, 0.1) is 35.8 Å². The van der Waals surface area contributed by atoms with Crippen LogP contribution in [0.2, 0.25) is 0 Å². The number of ether oxygens (including phenoxy) is 1. The average Bonchev–Trinajstić information content (AvgIpc) is 3.52. The van der Waals surface area contributed by atoms with E-state index >= 15 is 0 Å². The Morgan fingerprint density at radius 1 is 1.27 bits per heavy atom. The van der Waals surface area contributed by atoms with Gasteiger partial charge in [0.25, 0.3) is 0 Å². The van der Waals surface area contributed by atoms with E-state index in [1.807, 2.05) is 42.6 Å². The molecular formula is C23H24N4O4S2. The van der Waals surface area contributed by atoms with Crippen molar-refractivity contribution >= 4 is 51.2 Å². The molecule has 1 saturated heterocycles. The zero-order valence-electron chi connectivity index (χ0n) is 18.5. The minimum atomic E-state index is -0.471. The van der Waals surface area contributed by atoms with Gasteiger partial charge in [0.15, 0.2) is 5.13 Å². The SMILES string of the molecule is COc1ccc(C)cc1N1CC(C(=O)Nc2nc(-c3ccc(CNC(C)=O)s3)cs2)CC1=O. The van der Waals surface area contributed by atoms with E-state index in [-0.39, 0.29) is 24.1 Å². The molecule has 3 aromatic rings. The van der Waals surface area contributed by atoms with Gasteiger partial charge in [-0.1, -0.05) is 6.07 Å². The molecule has 3 heterocycles. The third kappa shape index (κ3) is 5.23. The molecule has 8 nitrogen and oxygen atoms in total. The van der Waals surface area contributed by atoms with Gasteiger partial charge in [-0.15, -0.1) is 22.7 Å². The number of carbonyl (C=O) groups is 3. The lowest BCUT2D eigenvalue weighted by Crippen LogP contribution is -2.28. The summed E-state index contributed by atoms with van der Waals surface area (Å²) in [7, 11) is 1.56. The van der Waals surface area contributed by atoms with Crippen molar-refractivity contribution < 1.29 is 19.1 Å². The number of aromatic nitrogens is 1. The van der Waals surface area contributed by atoms with Gasteiger partial charge in [-0.25, -0.2) is 4.98 Å². The van der Waals surface area contributed by atoms with Crippen LogP contribution in [0.4, 0.5) is 10.8 Å². The minimum absolute atomic E-state index is 0.0755. The largest absolute Gasteiger partial charge is 0.495 e. The number of carbonyl (C=O) groups excluding carboxylic acids is 3. The first-order chi connectivity index (χ1) is 15.8. The molecule has 1 fully saturated rings. The first-order valence-electron chi connectivity index (χ1n) is 10.4. The summed E-state index contributed by atoms with van der Waals surface area (Å²) in [6.07, 6.45) is 0.137. The van der Waals surface area contributed by atoms with Crippen molar-refractivity contribution in [1.29, 1.82) is 0 Å². The van der Waals surface area contributed by atoms with Crippen molar-refractivity contribution in [3.05, 3.63) is 46.2 Å². The monoisotopic (exact) mass is 484 g/mol. The number of rotatable bonds is 7. The van der Waals surface area contributed by atoms with Gasteiger partial charge in [0.2, 0.25) is 17.7 Å². The van der Waals surface area contributed by atoms with Crippen LogP contribution >= 0.6 is 22.7 Å². The molecule has 3 amide bonds. The number of nitrogens with one attached hydrogen (secondary N) is 2. The van der Waals surface area contributed by atoms with Crippen LogP contribution in [0.3, 0.4) is 0 Å². The van der Waals surface area contributed by atoms with Crippen molar-refractivity contribution in [2.75, 3.05) is 23.9 Å². The zero-order chi connectivity index (χ0) is 23.5. The number of thiophene rings is 1. The van der Waals surface area contributed by atoms with E-state index in [0.717, 1.165) is 21.0 Å². The maximum absolute atomic E-state index is 12.9. The Bertz CT molecular complexity index is 1200. The quantitative estimate of drug-likeness (QED) is 0.531. The van der Waals surface area contributed by atoms with E-state index in [0.29, 0.717) is 29.7 Å². The first-order valence-corrected chi connectivity index (χ1v) is 12.1. The van der Waals surface area contributed by atoms with E-state index in [4.69, 9.17) is 4.74 Å². The van der Waals surface area contributed by atoms with Crippen molar-refractivity contribution in [3.63, 3.8) is 0 Å². The van der Waals surface area contributed by atoms with Gasteiger partial charge in [-0.2, -0.15) is 0 Å². The van der Waals surface area contributed by atoms with Crippen molar-refractivity contribution in [2.45, 2.75) is 26.8 Å². The van der Waals surface area contributed by atoms with E-state index in [9.17, 15) is 14.4 Å². The van der Waals surface area contributed by atoms with Crippen LogP contribution in [0.1, 0.15) is 23.8 Å². The molecule has 0 aliphatic carbocycles. The van der Waals surface area contributed by atoms with Gasteiger partial charge in [0.1, 0.15) is 5.75 Å². The molecule has 2 aromatic heterocycles. The van der Waals surface area contributed by atoms with Gasteiger partial charge >= 0.3 is 0 Å². The Labute approximate surface area is 199 Å². The summed E-state index contributed by atoms with van der Waals surface area (Å²) in [6.45, 7) is 4.20. The van der Waals surface area contributed by atoms with Crippen molar-refractivity contribution in [3.8, 4) is 16.3 Å². The number of nitrogens with zero attached hydrogens (tertiary/aromatic N) is 2. The Balaban J connectivity index is 1.41. The number of hydrogen-bond acceptors (Lipinski definition) is 7. The maximum Gasteiger partial charge on any atom is 0.231 e. The fourth-order valence-electron chi connectivity index (χ4n) is 3.60. The third-order valence-electron chi connectivity index (χ3n) is 5.28. The molecule has 1 aromatic carbocycles. The molecule has 172 valence electrons. The molecule has 1 aliphatic rings. The molecule has 10 heteroatoms. The van der Waals surface area contributed by atoms with E-state index in [1.54, 1.807) is 23.3 Å². The predicted octanol–water partition coefficient (Wildman–Crippen LogP) is 3.82. The highest BCUT2D eigenvalue weighted by Gasteiger charge is 2.36. The molecule has 0 spiro atoms. The van der Waals surface area contributed by atoms with Crippen LogP contribution in [0.5, 0.6) is 5.75 Å². The number of benzene rings is 1. The van der Waals surface area contributed by atoms with E-state index < -0.39 is 5.92 Å². The predicted molar refractivity (Wildman–Crippen MR) is 130 cm³/mol. The number of anilines is 2. The summed E-state index contributed by atoms with van der Waals surface area (Å²) in [5.74, 6) is -0.275. The van der Waals surface area contributed by atoms with Crippen LogP contribution in [-0.2, 0) is 20.9 Å². The summed E-state index contributed by atoms with van der Waals surface area (Å²) < 4.78 is 5.40. The van der Waals surface area contributed by atoms with E-state index in [2.05, 4.69) is 15.6 Å². The topological polar surface area (TPSA) is 101 Å². The number of thiazole rings is 1. The summed E-state index contributed by atoms with van der Waals surface area (Å²) in [4.78, 5) is 44.7. The smallest absolute Gasteiger partial charge is 0.231 e. The first kappa shape index (κ1) is 22.9. The second-order valence-electron chi connectivity index (χ2n) is 7.78. The second kappa shape index (κ2) is 9.72. The summed E-state index contributed by atoms with van der Waals surface area (Å²) in [6, 6.07) is 9.54.